The van der Waals surface area contributed by atoms with Crippen molar-refractivity contribution in [1.29, 1.82) is 0 Å². The molecule has 9 heteroatoms. The van der Waals surface area contributed by atoms with Crippen LogP contribution in [-0.4, -0.2) is 34.4 Å². The molecule has 1 aromatic carbocycles. The van der Waals surface area contributed by atoms with Gasteiger partial charge < -0.3 is 14.5 Å². The molecular weight excluding hydrogens is 458 g/mol. The summed E-state index contributed by atoms with van der Waals surface area (Å²) in [5.74, 6) is 0.684. The van der Waals surface area contributed by atoms with Crippen LogP contribution in [0.3, 0.4) is 0 Å². The number of rotatable bonds is 10. The zero-order valence-corrected chi connectivity index (χ0v) is 18.4. The lowest BCUT2D eigenvalue weighted by molar-refractivity contribution is -0.118. The van der Waals surface area contributed by atoms with Crippen molar-refractivity contribution < 1.29 is 13.9 Å². The molecule has 1 amide bonds. The summed E-state index contributed by atoms with van der Waals surface area (Å²) in [6.07, 6.45) is 2.25. The molecule has 0 unspecified atom stereocenters. The van der Waals surface area contributed by atoms with Crippen LogP contribution in [0.5, 0.6) is 0 Å². The molecule has 3 rings (SSSR count). The zero-order valence-electron chi connectivity index (χ0n) is 16.0. The van der Waals surface area contributed by atoms with Crippen LogP contribution in [0.15, 0.2) is 55.4 Å². The Hall–Kier alpha value is -2.10. The molecule has 0 radical (unpaired) electrons. The molecule has 0 aliphatic heterocycles. The normalized spacial score (nSPS) is 11.1. The van der Waals surface area contributed by atoms with E-state index in [1.807, 2.05) is 13.0 Å². The number of ether oxygens (including phenoxy) is 1. The minimum Gasteiger partial charge on any atom is -0.467 e. The minimum atomic E-state index is -0.155. The smallest absolute Gasteiger partial charge is 0.262 e. The van der Waals surface area contributed by atoms with Gasteiger partial charge in [-0.25, -0.2) is 4.98 Å². The fourth-order valence-corrected chi connectivity index (χ4v) is 3.95. The number of nitrogens with zero attached hydrogens (tertiary/aromatic N) is 2. The Balaban J connectivity index is 1.75. The summed E-state index contributed by atoms with van der Waals surface area (Å²) in [6.45, 7) is 3.93. The summed E-state index contributed by atoms with van der Waals surface area (Å²) in [6, 6.07) is 8.99. The van der Waals surface area contributed by atoms with E-state index in [2.05, 4.69) is 26.2 Å². The Labute approximate surface area is 181 Å². The lowest BCUT2D eigenvalue weighted by Crippen LogP contribution is -2.27. The molecule has 0 atom stereocenters. The maximum absolute atomic E-state index is 13.0. The van der Waals surface area contributed by atoms with Gasteiger partial charge in [0.05, 0.1) is 29.5 Å². The summed E-state index contributed by atoms with van der Waals surface area (Å²) in [7, 11) is 0. The Bertz CT molecular complexity index is 1020. The van der Waals surface area contributed by atoms with Crippen molar-refractivity contribution in [3.05, 3.63) is 57.2 Å². The number of thioether (sulfide) groups is 1. The summed E-state index contributed by atoms with van der Waals surface area (Å²) in [4.78, 5) is 29.9. The minimum absolute atomic E-state index is 0.119. The number of nitrogens with one attached hydrogen (secondary N) is 1. The van der Waals surface area contributed by atoms with Crippen molar-refractivity contribution in [1.82, 2.24) is 14.9 Å². The van der Waals surface area contributed by atoms with E-state index in [0.29, 0.717) is 54.5 Å². The number of carbonyl (C=O) groups excluding carboxylic acids is 1. The van der Waals surface area contributed by atoms with E-state index in [1.54, 1.807) is 35.1 Å². The highest BCUT2D eigenvalue weighted by molar-refractivity contribution is 9.10. The quantitative estimate of drug-likeness (QED) is 0.271. The number of halogens is 1. The zero-order chi connectivity index (χ0) is 20.6. The van der Waals surface area contributed by atoms with E-state index in [4.69, 9.17) is 9.15 Å². The molecule has 1 N–H and O–H groups in total. The number of furan rings is 1. The summed E-state index contributed by atoms with van der Waals surface area (Å²) in [5, 5.41) is 3.87. The largest absolute Gasteiger partial charge is 0.467 e. The molecule has 29 heavy (non-hydrogen) atoms. The van der Waals surface area contributed by atoms with Gasteiger partial charge in [-0.05, 0) is 43.7 Å². The second-order valence-electron chi connectivity index (χ2n) is 6.21. The number of carbonyl (C=O) groups is 1. The fraction of sp³-hybridized carbons (Fsp3) is 0.350. The van der Waals surface area contributed by atoms with E-state index < -0.39 is 0 Å². The third kappa shape index (κ3) is 5.94. The predicted octanol–water partition coefficient (Wildman–Crippen LogP) is 3.59. The van der Waals surface area contributed by atoms with E-state index in [-0.39, 0.29) is 17.2 Å². The van der Waals surface area contributed by atoms with Crippen molar-refractivity contribution in [3.63, 3.8) is 0 Å². The molecule has 0 saturated carbocycles. The standard InChI is InChI=1S/C20H22BrN3O4S/c1-2-27-9-4-8-24-19(26)16-11-14(21)6-7-17(16)23-20(24)29-13-18(25)22-12-15-5-3-10-28-15/h3,5-7,10-11H,2,4,8-9,12-13H2,1H3,(H,22,25). The second-order valence-corrected chi connectivity index (χ2v) is 8.07. The molecule has 0 aliphatic rings. The van der Waals surface area contributed by atoms with Gasteiger partial charge in [-0.3, -0.25) is 14.2 Å². The molecule has 7 nitrogen and oxygen atoms in total. The van der Waals surface area contributed by atoms with Crippen LogP contribution < -0.4 is 10.9 Å². The van der Waals surface area contributed by atoms with Gasteiger partial charge in [0, 0.05) is 24.2 Å². The lowest BCUT2D eigenvalue weighted by atomic mass is 10.2. The highest BCUT2D eigenvalue weighted by atomic mass is 79.9. The molecule has 0 fully saturated rings. The predicted molar refractivity (Wildman–Crippen MR) is 116 cm³/mol. The van der Waals surface area contributed by atoms with Crippen molar-refractivity contribution in [2.45, 2.75) is 31.6 Å². The van der Waals surface area contributed by atoms with Gasteiger partial charge in [-0.1, -0.05) is 27.7 Å². The fourth-order valence-electron chi connectivity index (χ4n) is 2.73. The molecule has 154 valence electrons. The first-order valence-electron chi connectivity index (χ1n) is 9.28. The Kier molecular flexibility index (Phi) is 7.91. The second kappa shape index (κ2) is 10.6. The van der Waals surface area contributed by atoms with E-state index in [0.717, 1.165) is 4.47 Å². The van der Waals surface area contributed by atoms with Gasteiger partial charge in [-0.2, -0.15) is 0 Å². The SMILES string of the molecule is CCOCCCn1c(SCC(=O)NCc2ccco2)nc2ccc(Br)cc2c1=O. The van der Waals surface area contributed by atoms with Crippen LogP contribution in [0.4, 0.5) is 0 Å². The number of hydrogen-bond donors (Lipinski definition) is 1. The summed E-state index contributed by atoms with van der Waals surface area (Å²) < 4.78 is 13.0. The number of fused-ring (bicyclic) bond motifs is 1. The lowest BCUT2D eigenvalue weighted by Gasteiger charge is -2.13. The first-order chi connectivity index (χ1) is 14.1. The van der Waals surface area contributed by atoms with Crippen LogP contribution in [0.1, 0.15) is 19.1 Å². The molecule has 0 bridgehead atoms. The van der Waals surface area contributed by atoms with Gasteiger partial charge in [0.15, 0.2) is 5.16 Å². The van der Waals surface area contributed by atoms with Gasteiger partial charge in [0.2, 0.25) is 5.91 Å². The topological polar surface area (TPSA) is 86.4 Å². The molecule has 0 aliphatic carbocycles. The van der Waals surface area contributed by atoms with E-state index >= 15 is 0 Å². The highest BCUT2D eigenvalue weighted by Crippen LogP contribution is 2.21. The first kappa shape index (κ1) is 21.6. The third-order valence-corrected chi connectivity index (χ3v) is 5.60. The van der Waals surface area contributed by atoms with Gasteiger partial charge in [0.1, 0.15) is 5.76 Å². The first-order valence-corrected chi connectivity index (χ1v) is 11.1. The molecule has 2 aromatic heterocycles. The Morgan fingerprint density at radius 3 is 3.00 bits per heavy atom. The van der Waals surface area contributed by atoms with Gasteiger partial charge in [0.25, 0.3) is 5.56 Å². The summed E-state index contributed by atoms with van der Waals surface area (Å²) >= 11 is 4.65. The van der Waals surface area contributed by atoms with Crippen molar-refractivity contribution >= 4 is 44.5 Å². The average molecular weight is 480 g/mol. The number of benzene rings is 1. The van der Waals surface area contributed by atoms with Gasteiger partial charge >= 0.3 is 0 Å². The van der Waals surface area contributed by atoms with Crippen LogP contribution in [0, 0.1) is 0 Å². The van der Waals surface area contributed by atoms with Crippen LogP contribution in [0.2, 0.25) is 0 Å². The van der Waals surface area contributed by atoms with Crippen LogP contribution in [0.25, 0.3) is 10.9 Å². The van der Waals surface area contributed by atoms with Crippen LogP contribution in [-0.2, 0) is 22.6 Å². The monoisotopic (exact) mass is 479 g/mol. The summed E-state index contributed by atoms with van der Waals surface area (Å²) in [5.41, 5.74) is 0.490. The molecule has 3 aromatic rings. The van der Waals surface area contributed by atoms with E-state index in [9.17, 15) is 9.59 Å². The maximum Gasteiger partial charge on any atom is 0.262 e. The highest BCUT2D eigenvalue weighted by Gasteiger charge is 2.14. The van der Waals surface area contributed by atoms with Gasteiger partial charge in [-0.15, -0.1) is 0 Å². The maximum atomic E-state index is 13.0. The average Bonchev–Trinajstić information content (AvgIpc) is 3.24. The van der Waals surface area contributed by atoms with E-state index in [1.165, 1.54) is 11.8 Å². The molecule has 0 saturated heterocycles. The number of aromatic nitrogens is 2. The Morgan fingerprint density at radius 1 is 1.38 bits per heavy atom. The van der Waals surface area contributed by atoms with Crippen molar-refractivity contribution in [2.24, 2.45) is 0 Å². The molecule has 2 heterocycles. The van der Waals surface area contributed by atoms with Crippen molar-refractivity contribution in [3.8, 4) is 0 Å². The number of amides is 1. The Morgan fingerprint density at radius 2 is 2.24 bits per heavy atom. The van der Waals surface area contributed by atoms with Crippen LogP contribution >= 0.6 is 27.7 Å². The molecule has 0 spiro atoms. The third-order valence-electron chi connectivity index (χ3n) is 4.13. The van der Waals surface area contributed by atoms with Crippen molar-refractivity contribution in [2.75, 3.05) is 19.0 Å². The number of hydrogen-bond acceptors (Lipinski definition) is 6. The molecular formula is C20H22BrN3O4S.